The van der Waals surface area contributed by atoms with Crippen LogP contribution >= 0.6 is 11.6 Å². The van der Waals surface area contributed by atoms with Gasteiger partial charge in [-0.2, -0.15) is 5.10 Å². The number of rotatable bonds is 7. The molecular formula is C25H35ClN4O3. The van der Waals surface area contributed by atoms with Crippen molar-refractivity contribution in [1.82, 2.24) is 19.6 Å². The van der Waals surface area contributed by atoms with Crippen molar-refractivity contribution in [3.05, 3.63) is 46.2 Å². The van der Waals surface area contributed by atoms with Gasteiger partial charge in [0.1, 0.15) is 5.75 Å². The van der Waals surface area contributed by atoms with Gasteiger partial charge in [-0.05, 0) is 57.0 Å². The summed E-state index contributed by atoms with van der Waals surface area (Å²) < 4.78 is 13.6. The van der Waals surface area contributed by atoms with Gasteiger partial charge in [0.25, 0.3) is 0 Å². The van der Waals surface area contributed by atoms with Crippen LogP contribution in [0.2, 0.25) is 5.02 Å². The number of likely N-dealkylation sites (tertiary alicyclic amines) is 1. The molecule has 0 N–H and O–H groups in total. The highest BCUT2D eigenvalue weighted by Gasteiger charge is 2.40. The van der Waals surface area contributed by atoms with Gasteiger partial charge in [-0.1, -0.05) is 11.6 Å². The Morgan fingerprint density at radius 1 is 1.24 bits per heavy atom. The Morgan fingerprint density at radius 3 is 2.73 bits per heavy atom. The Hall–Kier alpha value is -2.09. The van der Waals surface area contributed by atoms with Crippen LogP contribution in [0.25, 0.3) is 0 Å². The summed E-state index contributed by atoms with van der Waals surface area (Å²) in [5, 5.41) is 5.23. The van der Waals surface area contributed by atoms with E-state index in [9.17, 15) is 4.79 Å². The topological polar surface area (TPSA) is 59.8 Å². The van der Waals surface area contributed by atoms with Gasteiger partial charge in [0, 0.05) is 61.8 Å². The fourth-order valence-corrected chi connectivity index (χ4v) is 5.11. The molecule has 3 heterocycles. The first-order chi connectivity index (χ1) is 15.8. The average Bonchev–Trinajstić information content (AvgIpc) is 3.12. The minimum absolute atomic E-state index is 0.202. The molecule has 33 heavy (non-hydrogen) atoms. The van der Waals surface area contributed by atoms with E-state index in [1.165, 1.54) is 5.56 Å². The van der Waals surface area contributed by atoms with Crippen LogP contribution in [0.1, 0.15) is 36.1 Å². The molecule has 2 aliphatic rings. The van der Waals surface area contributed by atoms with Gasteiger partial charge >= 0.3 is 0 Å². The highest BCUT2D eigenvalue weighted by molar-refractivity contribution is 6.31. The fourth-order valence-electron chi connectivity index (χ4n) is 4.99. The van der Waals surface area contributed by atoms with Gasteiger partial charge in [-0.15, -0.1) is 0 Å². The lowest BCUT2D eigenvalue weighted by molar-refractivity contribution is -0.139. The SMILES string of the molecule is Cc1cc(OC[C@]2(CC(=O)N3CCOCC3)CCCN(Cc3cn(C)nc3C)C2)ccc1Cl. The maximum absolute atomic E-state index is 13.3. The number of carbonyl (C=O) groups is 1. The van der Waals surface area contributed by atoms with Crippen LogP contribution in [-0.2, 0) is 23.1 Å². The van der Waals surface area contributed by atoms with Gasteiger partial charge in [0.2, 0.25) is 5.91 Å². The van der Waals surface area contributed by atoms with Crippen LogP contribution in [0.4, 0.5) is 0 Å². The van der Waals surface area contributed by atoms with Crippen LogP contribution in [-0.4, -0.2) is 71.5 Å². The van der Waals surface area contributed by atoms with Gasteiger partial charge < -0.3 is 14.4 Å². The van der Waals surface area contributed by atoms with Crippen molar-refractivity contribution < 1.29 is 14.3 Å². The molecule has 8 heteroatoms. The predicted molar refractivity (Wildman–Crippen MR) is 129 cm³/mol. The second-order valence-electron chi connectivity index (χ2n) is 9.60. The molecule has 0 bridgehead atoms. The molecule has 1 amide bonds. The number of carbonyl (C=O) groups excluding carboxylic acids is 1. The standard InChI is InChI=1S/C25H35ClN4O3/c1-19-13-22(5-6-23(19)26)33-18-25(14-24(31)30-9-11-32-12-10-30)7-4-8-29(17-25)16-21-15-28(3)27-20(21)2/h5-6,13,15H,4,7-12,14,16-18H2,1-3H3/t25-/m0/s1. The first-order valence-corrected chi connectivity index (χ1v) is 12.2. The molecule has 1 atom stereocenters. The number of nitrogens with zero attached hydrogens (tertiary/aromatic N) is 4. The Morgan fingerprint density at radius 2 is 2.03 bits per heavy atom. The van der Waals surface area contributed by atoms with Crippen LogP contribution in [0.5, 0.6) is 5.75 Å². The van der Waals surface area contributed by atoms with E-state index in [2.05, 4.69) is 23.1 Å². The third-order valence-electron chi connectivity index (χ3n) is 6.81. The van der Waals surface area contributed by atoms with Crippen molar-refractivity contribution in [1.29, 1.82) is 0 Å². The Balaban J connectivity index is 1.50. The normalized spacial score (nSPS) is 21.9. The molecule has 2 aliphatic heterocycles. The number of hydrogen-bond acceptors (Lipinski definition) is 5. The van der Waals surface area contributed by atoms with Gasteiger partial charge in [-0.25, -0.2) is 0 Å². The van der Waals surface area contributed by atoms with Crippen LogP contribution in [0, 0.1) is 19.3 Å². The van der Waals surface area contributed by atoms with Crippen molar-refractivity contribution in [3.63, 3.8) is 0 Å². The summed E-state index contributed by atoms with van der Waals surface area (Å²) in [5.41, 5.74) is 3.05. The number of aryl methyl sites for hydroxylation is 3. The second-order valence-corrected chi connectivity index (χ2v) is 10.0. The van der Waals surface area contributed by atoms with Gasteiger partial charge in [0.05, 0.1) is 25.5 Å². The van der Waals surface area contributed by atoms with Gasteiger partial charge in [-0.3, -0.25) is 14.4 Å². The smallest absolute Gasteiger partial charge is 0.223 e. The largest absolute Gasteiger partial charge is 0.493 e. The molecule has 2 aromatic rings. The molecule has 1 aromatic heterocycles. The van der Waals surface area contributed by atoms with E-state index in [4.69, 9.17) is 21.1 Å². The first-order valence-electron chi connectivity index (χ1n) is 11.8. The molecule has 2 saturated heterocycles. The minimum atomic E-state index is -0.239. The fraction of sp³-hybridized carbons (Fsp3) is 0.600. The molecule has 1 aromatic carbocycles. The quantitative estimate of drug-likeness (QED) is 0.613. The van der Waals surface area contributed by atoms with E-state index >= 15 is 0 Å². The van der Waals surface area contributed by atoms with Crippen molar-refractivity contribution >= 4 is 17.5 Å². The van der Waals surface area contributed by atoms with Crippen molar-refractivity contribution in [3.8, 4) is 5.75 Å². The minimum Gasteiger partial charge on any atom is -0.493 e. The highest BCUT2D eigenvalue weighted by atomic mass is 35.5. The zero-order valence-corrected chi connectivity index (χ0v) is 20.7. The van der Waals surface area contributed by atoms with Crippen molar-refractivity contribution in [2.24, 2.45) is 12.5 Å². The number of benzene rings is 1. The monoisotopic (exact) mass is 474 g/mol. The number of morpholine rings is 1. The third-order valence-corrected chi connectivity index (χ3v) is 7.24. The molecule has 0 saturated carbocycles. The van der Waals surface area contributed by atoms with Crippen molar-refractivity contribution in [2.45, 2.75) is 39.7 Å². The van der Waals surface area contributed by atoms with E-state index in [0.29, 0.717) is 39.3 Å². The van der Waals surface area contributed by atoms with Crippen molar-refractivity contribution in [2.75, 3.05) is 46.0 Å². The van der Waals surface area contributed by atoms with E-state index in [1.807, 2.05) is 41.8 Å². The summed E-state index contributed by atoms with van der Waals surface area (Å²) >= 11 is 6.19. The maximum Gasteiger partial charge on any atom is 0.223 e. The van der Waals surface area contributed by atoms with Crippen LogP contribution in [0.15, 0.2) is 24.4 Å². The molecule has 2 fully saturated rings. The lowest BCUT2D eigenvalue weighted by Crippen LogP contribution is -2.50. The molecule has 180 valence electrons. The first kappa shape index (κ1) is 24.0. The summed E-state index contributed by atoms with van der Waals surface area (Å²) in [6, 6.07) is 5.75. The molecule has 4 rings (SSSR count). The number of hydrogen-bond donors (Lipinski definition) is 0. The molecule has 0 radical (unpaired) electrons. The highest BCUT2D eigenvalue weighted by Crippen LogP contribution is 2.36. The van der Waals surface area contributed by atoms with E-state index in [-0.39, 0.29) is 11.3 Å². The Bertz CT molecular complexity index is 973. The summed E-state index contributed by atoms with van der Waals surface area (Å²) in [7, 11) is 1.96. The molecule has 0 aliphatic carbocycles. The zero-order valence-electron chi connectivity index (χ0n) is 20.0. The average molecular weight is 475 g/mol. The number of amides is 1. The molecule has 0 spiro atoms. The van der Waals surface area contributed by atoms with E-state index in [1.54, 1.807) is 0 Å². The zero-order chi connectivity index (χ0) is 23.4. The predicted octanol–water partition coefficient (Wildman–Crippen LogP) is 3.60. The number of ether oxygens (including phenoxy) is 2. The van der Waals surface area contributed by atoms with E-state index in [0.717, 1.165) is 54.5 Å². The molecular weight excluding hydrogens is 440 g/mol. The lowest BCUT2D eigenvalue weighted by Gasteiger charge is -2.43. The maximum atomic E-state index is 13.3. The van der Waals surface area contributed by atoms with Crippen LogP contribution < -0.4 is 4.74 Å². The summed E-state index contributed by atoms with van der Waals surface area (Å²) in [5.74, 6) is 1.00. The molecule has 0 unspecified atom stereocenters. The molecule has 7 nitrogen and oxygen atoms in total. The number of aromatic nitrogens is 2. The van der Waals surface area contributed by atoms with E-state index < -0.39 is 0 Å². The lowest BCUT2D eigenvalue weighted by atomic mass is 9.77. The second kappa shape index (κ2) is 10.5. The van der Waals surface area contributed by atoms with Crippen LogP contribution in [0.3, 0.4) is 0 Å². The number of halogens is 1. The summed E-state index contributed by atoms with van der Waals surface area (Å²) in [6.07, 6.45) is 4.59. The third kappa shape index (κ3) is 6.08. The summed E-state index contributed by atoms with van der Waals surface area (Å²) in [4.78, 5) is 17.7. The Kier molecular flexibility index (Phi) is 7.62. The summed E-state index contributed by atoms with van der Waals surface area (Å²) in [6.45, 7) is 9.80. The van der Waals surface area contributed by atoms with Gasteiger partial charge in [0.15, 0.2) is 0 Å². The Labute approximate surface area is 201 Å². The number of piperidine rings is 1.